The van der Waals surface area contributed by atoms with Crippen molar-refractivity contribution in [3.8, 4) is 22.4 Å². The number of rotatable bonds is 5. The summed E-state index contributed by atoms with van der Waals surface area (Å²) in [6.45, 7) is 0. The van der Waals surface area contributed by atoms with Crippen LogP contribution in [0.1, 0.15) is 5.56 Å². The molecule has 0 saturated carbocycles. The maximum Gasteiger partial charge on any atom is 0.269 e. The van der Waals surface area contributed by atoms with Gasteiger partial charge in [-0.3, -0.25) is 14.5 Å². The average molecular weight is 439 g/mol. The molecule has 3 aromatic rings. The second-order valence-electron chi connectivity index (χ2n) is 6.07. The molecule has 1 aromatic carbocycles. The van der Waals surface area contributed by atoms with Crippen LogP contribution >= 0.6 is 11.6 Å². The molecule has 0 fully saturated rings. The number of nitrogens with zero attached hydrogens (tertiary/aromatic N) is 2. The Morgan fingerprint density at radius 2 is 1.68 bits per heavy atom. The van der Waals surface area contributed by atoms with Crippen LogP contribution < -0.4 is 0 Å². The Morgan fingerprint density at radius 1 is 1.00 bits per heavy atom. The van der Waals surface area contributed by atoms with E-state index in [9.17, 15) is 21.4 Å². The molecule has 0 aliphatic heterocycles. The third-order valence-corrected chi connectivity index (χ3v) is 6.07. The monoisotopic (exact) mass is 438 g/mol. The van der Waals surface area contributed by atoms with Crippen molar-refractivity contribution in [1.82, 2.24) is 9.97 Å². The van der Waals surface area contributed by atoms with E-state index in [2.05, 4.69) is 9.97 Å². The summed E-state index contributed by atoms with van der Waals surface area (Å²) in [5.41, 5.74) is 2.05. The van der Waals surface area contributed by atoms with E-state index in [1.54, 1.807) is 24.5 Å². The van der Waals surface area contributed by atoms with Gasteiger partial charge in [-0.05, 0) is 35.4 Å². The van der Waals surface area contributed by atoms with Gasteiger partial charge in [0.05, 0.1) is 15.6 Å². The summed E-state index contributed by atoms with van der Waals surface area (Å²) in [5.74, 6) is -0.717. The fourth-order valence-electron chi connectivity index (χ4n) is 2.75. The molecule has 28 heavy (non-hydrogen) atoms. The molecule has 0 amide bonds. The molecular weight excluding hydrogens is 424 g/mol. The first kappa shape index (κ1) is 20.4. The largest absolute Gasteiger partial charge is 0.285 e. The average Bonchev–Trinajstić information content (AvgIpc) is 2.62. The van der Waals surface area contributed by atoms with Crippen molar-refractivity contribution in [2.45, 2.75) is 10.6 Å². The molecule has 0 saturated heterocycles. The van der Waals surface area contributed by atoms with E-state index in [1.165, 1.54) is 30.5 Å². The smallest absolute Gasteiger partial charge is 0.269 e. The minimum Gasteiger partial charge on any atom is -0.285 e. The molecule has 0 bridgehead atoms. The van der Waals surface area contributed by atoms with Crippen molar-refractivity contribution in [3.05, 3.63) is 65.6 Å². The zero-order valence-electron chi connectivity index (χ0n) is 14.6. The van der Waals surface area contributed by atoms with Crippen LogP contribution in [0, 0.1) is 0 Å². The first-order valence-electron chi connectivity index (χ1n) is 7.90. The van der Waals surface area contributed by atoms with Crippen molar-refractivity contribution in [3.63, 3.8) is 0 Å². The summed E-state index contributed by atoms with van der Waals surface area (Å²) in [5, 5.41) is 0.0625. The van der Waals surface area contributed by atoms with E-state index in [0.29, 0.717) is 22.4 Å². The number of pyridine rings is 2. The topological polar surface area (TPSA) is 114 Å². The van der Waals surface area contributed by atoms with Crippen LogP contribution in [0.15, 0.2) is 59.9 Å². The van der Waals surface area contributed by atoms with Crippen LogP contribution in [-0.2, 0) is 25.7 Å². The summed E-state index contributed by atoms with van der Waals surface area (Å²) in [7, 11) is -7.78. The lowest BCUT2D eigenvalue weighted by Gasteiger charge is -2.16. The van der Waals surface area contributed by atoms with Crippen LogP contribution in [-0.4, -0.2) is 37.6 Å². The standard InChI is InChI=1S/C18H15ClN2O5S2/c1-27(22,23)14-6-4-12(5-7-14)17-15(11-28(24,25)26)16(19)10-21-18(17)13-3-2-8-20-9-13/h2-10H,11H2,1H3,(H,24,25,26). The van der Waals surface area contributed by atoms with E-state index in [-0.39, 0.29) is 15.5 Å². The van der Waals surface area contributed by atoms with E-state index in [1.807, 2.05) is 0 Å². The van der Waals surface area contributed by atoms with Gasteiger partial charge in [0, 0.05) is 36.0 Å². The minimum absolute atomic E-state index is 0.0625. The molecular formula is C18H15ClN2O5S2. The van der Waals surface area contributed by atoms with Gasteiger partial charge in [0.15, 0.2) is 9.84 Å². The Kier molecular flexibility index (Phi) is 5.53. The van der Waals surface area contributed by atoms with Crippen LogP contribution in [0.5, 0.6) is 0 Å². The first-order valence-corrected chi connectivity index (χ1v) is 11.8. The molecule has 0 radical (unpaired) electrons. The van der Waals surface area contributed by atoms with Gasteiger partial charge in [0.25, 0.3) is 10.1 Å². The molecule has 7 nitrogen and oxygen atoms in total. The summed E-state index contributed by atoms with van der Waals surface area (Å²) >= 11 is 6.20. The van der Waals surface area contributed by atoms with Crippen LogP contribution in [0.25, 0.3) is 22.4 Å². The van der Waals surface area contributed by atoms with Gasteiger partial charge in [0.2, 0.25) is 0 Å². The number of hydrogen-bond donors (Lipinski definition) is 1. The van der Waals surface area contributed by atoms with Crippen molar-refractivity contribution >= 4 is 31.6 Å². The summed E-state index contributed by atoms with van der Waals surface area (Å²) in [4.78, 5) is 8.49. The van der Waals surface area contributed by atoms with Gasteiger partial charge < -0.3 is 0 Å². The Labute approximate surface area is 167 Å². The van der Waals surface area contributed by atoms with Gasteiger partial charge in [-0.1, -0.05) is 23.7 Å². The Morgan fingerprint density at radius 3 is 2.21 bits per heavy atom. The lowest BCUT2D eigenvalue weighted by Crippen LogP contribution is -2.06. The molecule has 0 atom stereocenters. The Balaban J connectivity index is 2.31. The maximum absolute atomic E-state index is 11.7. The molecule has 2 aromatic heterocycles. The van der Waals surface area contributed by atoms with E-state index >= 15 is 0 Å². The highest BCUT2D eigenvalue weighted by Crippen LogP contribution is 2.37. The number of aromatic nitrogens is 2. The van der Waals surface area contributed by atoms with Crippen molar-refractivity contribution < 1.29 is 21.4 Å². The molecule has 146 valence electrons. The van der Waals surface area contributed by atoms with E-state index < -0.39 is 25.7 Å². The molecule has 1 N–H and O–H groups in total. The second-order valence-corrected chi connectivity index (χ2v) is 9.95. The van der Waals surface area contributed by atoms with Crippen LogP contribution in [0.2, 0.25) is 5.02 Å². The second kappa shape index (κ2) is 7.59. The maximum atomic E-state index is 11.7. The first-order chi connectivity index (χ1) is 13.1. The van der Waals surface area contributed by atoms with E-state index in [4.69, 9.17) is 11.6 Å². The molecule has 0 aliphatic carbocycles. The lowest BCUT2D eigenvalue weighted by atomic mass is 9.96. The Bertz CT molecular complexity index is 1230. The fraction of sp³-hybridized carbons (Fsp3) is 0.111. The zero-order chi connectivity index (χ0) is 20.5. The van der Waals surface area contributed by atoms with Crippen molar-refractivity contribution in [2.75, 3.05) is 6.26 Å². The summed E-state index contributed by atoms with van der Waals surface area (Å²) in [6, 6.07) is 9.35. The number of benzene rings is 1. The quantitative estimate of drug-likeness (QED) is 0.608. The van der Waals surface area contributed by atoms with Gasteiger partial charge in [-0.15, -0.1) is 0 Å². The molecule has 10 heteroatoms. The lowest BCUT2D eigenvalue weighted by molar-refractivity contribution is 0.482. The highest BCUT2D eigenvalue weighted by Gasteiger charge is 2.21. The molecule has 0 unspecified atom stereocenters. The third-order valence-electron chi connectivity index (χ3n) is 3.97. The van der Waals surface area contributed by atoms with Crippen LogP contribution in [0.3, 0.4) is 0 Å². The van der Waals surface area contributed by atoms with Crippen molar-refractivity contribution in [2.24, 2.45) is 0 Å². The zero-order valence-corrected chi connectivity index (χ0v) is 17.0. The molecule has 0 spiro atoms. The molecule has 0 aliphatic rings. The van der Waals surface area contributed by atoms with Gasteiger partial charge >= 0.3 is 0 Å². The van der Waals surface area contributed by atoms with Crippen LogP contribution in [0.4, 0.5) is 0 Å². The predicted octanol–water partition coefficient (Wildman–Crippen LogP) is 3.26. The minimum atomic E-state index is -4.38. The summed E-state index contributed by atoms with van der Waals surface area (Å²) < 4.78 is 55.9. The SMILES string of the molecule is CS(=O)(=O)c1ccc(-c2c(-c3cccnc3)ncc(Cl)c2CS(=O)(=O)O)cc1. The Hall–Kier alpha value is -2.33. The van der Waals surface area contributed by atoms with Crippen molar-refractivity contribution in [1.29, 1.82) is 0 Å². The van der Waals surface area contributed by atoms with Gasteiger partial charge in [-0.25, -0.2) is 8.42 Å². The molecule has 2 heterocycles. The third kappa shape index (κ3) is 4.56. The van der Waals surface area contributed by atoms with E-state index in [0.717, 1.165) is 6.26 Å². The highest BCUT2D eigenvalue weighted by atomic mass is 35.5. The normalized spacial score (nSPS) is 12.1. The molecule has 3 rings (SSSR count). The summed E-state index contributed by atoms with van der Waals surface area (Å²) in [6.07, 6.45) is 5.54. The van der Waals surface area contributed by atoms with Gasteiger partial charge in [0.1, 0.15) is 5.75 Å². The number of halogens is 1. The number of hydrogen-bond acceptors (Lipinski definition) is 6. The highest BCUT2D eigenvalue weighted by molar-refractivity contribution is 7.90. The number of sulfone groups is 1. The fourth-order valence-corrected chi connectivity index (χ4v) is 4.34. The van der Waals surface area contributed by atoms with Gasteiger partial charge in [-0.2, -0.15) is 8.42 Å². The predicted molar refractivity (Wildman–Crippen MR) is 106 cm³/mol.